The van der Waals surface area contributed by atoms with Gasteiger partial charge in [0.1, 0.15) is 17.4 Å². The molecule has 0 aliphatic carbocycles. The summed E-state index contributed by atoms with van der Waals surface area (Å²) in [6.45, 7) is 2.15. The summed E-state index contributed by atoms with van der Waals surface area (Å²) in [4.78, 5) is 9.25. The van der Waals surface area contributed by atoms with Crippen LogP contribution >= 0.6 is 15.9 Å². The van der Waals surface area contributed by atoms with Crippen LogP contribution in [-0.4, -0.2) is 24.1 Å². The van der Waals surface area contributed by atoms with Gasteiger partial charge in [0.05, 0.1) is 17.3 Å². The van der Waals surface area contributed by atoms with Crippen LogP contribution in [0.25, 0.3) is 0 Å². The molecule has 0 bridgehead atoms. The van der Waals surface area contributed by atoms with Crippen molar-refractivity contribution in [1.82, 2.24) is 9.97 Å². The van der Waals surface area contributed by atoms with Gasteiger partial charge < -0.3 is 10.1 Å². The van der Waals surface area contributed by atoms with Crippen LogP contribution in [0.4, 0.5) is 5.82 Å². The third kappa shape index (κ3) is 3.94. The molecule has 0 aliphatic rings. The zero-order valence-corrected chi connectivity index (χ0v) is 14.2. The lowest BCUT2D eigenvalue weighted by atomic mass is 10.1. The summed E-state index contributed by atoms with van der Waals surface area (Å²) >= 11 is 3.58. The quantitative estimate of drug-likeness (QED) is 0.860. The fraction of sp³-hybridized carbons (Fsp3) is 0.375. The first-order chi connectivity index (χ1) is 10.2. The van der Waals surface area contributed by atoms with Gasteiger partial charge in [-0.05, 0) is 40.0 Å². The van der Waals surface area contributed by atoms with E-state index < -0.39 is 0 Å². The van der Waals surface area contributed by atoms with Crippen LogP contribution in [0.15, 0.2) is 28.7 Å². The first-order valence-corrected chi connectivity index (χ1v) is 7.83. The van der Waals surface area contributed by atoms with Crippen molar-refractivity contribution in [3.8, 4) is 5.75 Å². The molecule has 0 atom stereocenters. The van der Waals surface area contributed by atoms with E-state index in [4.69, 9.17) is 4.74 Å². The number of ether oxygens (including phenoxy) is 1. The number of anilines is 1. The minimum Gasteiger partial charge on any atom is -0.497 e. The number of benzene rings is 1. The van der Waals surface area contributed by atoms with Gasteiger partial charge in [0.25, 0.3) is 0 Å². The molecule has 21 heavy (non-hydrogen) atoms. The van der Waals surface area contributed by atoms with Crippen LogP contribution < -0.4 is 10.1 Å². The van der Waals surface area contributed by atoms with E-state index in [0.29, 0.717) is 6.42 Å². The predicted molar refractivity (Wildman–Crippen MR) is 89.1 cm³/mol. The van der Waals surface area contributed by atoms with Gasteiger partial charge in [0.2, 0.25) is 0 Å². The Bertz CT molecular complexity index is 599. The Morgan fingerprint density at radius 1 is 1.19 bits per heavy atom. The Morgan fingerprint density at radius 3 is 2.48 bits per heavy atom. The molecule has 0 spiro atoms. The molecule has 0 fully saturated rings. The van der Waals surface area contributed by atoms with Crippen LogP contribution in [0, 0.1) is 0 Å². The highest BCUT2D eigenvalue weighted by molar-refractivity contribution is 9.10. The number of methoxy groups -OCH3 is 1. The molecule has 0 unspecified atom stereocenters. The fourth-order valence-corrected chi connectivity index (χ4v) is 2.69. The molecule has 2 aromatic rings. The fourth-order valence-electron chi connectivity index (χ4n) is 2.12. The Hall–Kier alpha value is -1.62. The average molecular weight is 350 g/mol. The van der Waals surface area contributed by atoms with Gasteiger partial charge in [-0.2, -0.15) is 0 Å². The van der Waals surface area contributed by atoms with Crippen molar-refractivity contribution in [2.75, 3.05) is 19.5 Å². The van der Waals surface area contributed by atoms with Crippen LogP contribution in [0.2, 0.25) is 0 Å². The number of hydrogen-bond donors (Lipinski definition) is 1. The van der Waals surface area contributed by atoms with Gasteiger partial charge in [-0.3, -0.25) is 0 Å². The van der Waals surface area contributed by atoms with Crippen molar-refractivity contribution in [2.24, 2.45) is 0 Å². The maximum absolute atomic E-state index is 5.18. The van der Waals surface area contributed by atoms with Gasteiger partial charge in [0.15, 0.2) is 0 Å². The lowest BCUT2D eigenvalue weighted by Crippen LogP contribution is -2.06. The van der Waals surface area contributed by atoms with Crippen LogP contribution in [0.1, 0.15) is 30.4 Å². The molecule has 1 heterocycles. The smallest absolute Gasteiger partial charge is 0.144 e. The van der Waals surface area contributed by atoms with Crippen molar-refractivity contribution in [2.45, 2.75) is 26.2 Å². The number of nitrogens with one attached hydrogen (secondary N) is 1. The zero-order chi connectivity index (χ0) is 15.2. The summed E-state index contributed by atoms with van der Waals surface area (Å²) in [7, 11) is 3.54. The lowest BCUT2D eigenvalue weighted by Gasteiger charge is -2.11. The second kappa shape index (κ2) is 7.41. The van der Waals surface area contributed by atoms with E-state index >= 15 is 0 Å². The molecule has 2 rings (SSSR count). The highest BCUT2D eigenvalue weighted by Gasteiger charge is 2.11. The van der Waals surface area contributed by atoms with E-state index in [-0.39, 0.29) is 0 Å². The van der Waals surface area contributed by atoms with Gasteiger partial charge in [-0.25, -0.2) is 9.97 Å². The summed E-state index contributed by atoms with van der Waals surface area (Å²) in [5.74, 6) is 2.53. The van der Waals surface area contributed by atoms with Gasteiger partial charge in [-0.1, -0.05) is 25.5 Å². The topological polar surface area (TPSA) is 47.0 Å². The molecule has 1 N–H and O–H groups in total. The highest BCUT2D eigenvalue weighted by atomic mass is 79.9. The second-order valence-corrected chi connectivity index (χ2v) is 5.57. The largest absolute Gasteiger partial charge is 0.497 e. The normalized spacial score (nSPS) is 10.5. The molecule has 1 aromatic carbocycles. The summed E-state index contributed by atoms with van der Waals surface area (Å²) in [5.41, 5.74) is 2.22. The molecule has 0 radical (unpaired) electrons. The van der Waals surface area contributed by atoms with Gasteiger partial charge in [-0.15, -0.1) is 0 Å². The van der Waals surface area contributed by atoms with E-state index in [2.05, 4.69) is 38.1 Å². The van der Waals surface area contributed by atoms with Gasteiger partial charge in [0, 0.05) is 13.5 Å². The van der Waals surface area contributed by atoms with Crippen LogP contribution in [0.3, 0.4) is 0 Å². The van der Waals surface area contributed by atoms with Crippen molar-refractivity contribution in [3.63, 3.8) is 0 Å². The van der Waals surface area contributed by atoms with E-state index in [1.54, 1.807) is 7.11 Å². The highest BCUT2D eigenvalue weighted by Crippen LogP contribution is 2.25. The summed E-state index contributed by atoms with van der Waals surface area (Å²) < 4.78 is 6.14. The van der Waals surface area contributed by atoms with Crippen molar-refractivity contribution < 1.29 is 4.74 Å². The van der Waals surface area contributed by atoms with Crippen LogP contribution in [-0.2, 0) is 12.8 Å². The first kappa shape index (κ1) is 15.8. The Kier molecular flexibility index (Phi) is 5.56. The molecule has 0 amide bonds. The molecular weight excluding hydrogens is 330 g/mol. The summed E-state index contributed by atoms with van der Waals surface area (Å²) in [6.07, 6.45) is 2.71. The number of rotatable bonds is 6. The molecule has 5 heteroatoms. The Morgan fingerprint density at radius 2 is 1.90 bits per heavy atom. The van der Waals surface area contributed by atoms with Crippen molar-refractivity contribution >= 4 is 21.7 Å². The monoisotopic (exact) mass is 349 g/mol. The number of aryl methyl sites for hydroxylation is 1. The zero-order valence-electron chi connectivity index (χ0n) is 12.6. The summed E-state index contributed by atoms with van der Waals surface area (Å²) in [5, 5.41) is 3.12. The molecule has 1 aromatic heterocycles. The van der Waals surface area contributed by atoms with E-state index in [0.717, 1.165) is 40.4 Å². The number of hydrogen-bond acceptors (Lipinski definition) is 4. The molecule has 0 aliphatic heterocycles. The third-order valence-corrected chi connectivity index (χ3v) is 4.04. The van der Waals surface area contributed by atoms with Gasteiger partial charge >= 0.3 is 0 Å². The van der Waals surface area contributed by atoms with E-state index in [1.807, 2.05) is 31.3 Å². The second-order valence-electron chi connectivity index (χ2n) is 4.77. The molecular formula is C16H20BrN3O. The SMILES string of the molecule is CCCc1nc(Cc2ccc(OC)cc2)nc(NC)c1Br. The number of halogens is 1. The first-order valence-electron chi connectivity index (χ1n) is 7.03. The minimum atomic E-state index is 0.711. The van der Waals surface area contributed by atoms with E-state index in [9.17, 15) is 0 Å². The Labute approximate surface area is 134 Å². The average Bonchev–Trinajstić information content (AvgIpc) is 2.51. The predicted octanol–water partition coefficient (Wildman–Crippen LogP) is 3.83. The molecule has 0 saturated heterocycles. The molecule has 0 saturated carbocycles. The van der Waals surface area contributed by atoms with Crippen molar-refractivity contribution in [1.29, 1.82) is 0 Å². The number of nitrogens with zero attached hydrogens (tertiary/aromatic N) is 2. The maximum Gasteiger partial charge on any atom is 0.144 e. The maximum atomic E-state index is 5.18. The number of aromatic nitrogens is 2. The Balaban J connectivity index is 2.27. The third-order valence-electron chi connectivity index (χ3n) is 3.21. The van der Waals surface area contributed by atoms with Crippen LogP contribution in [0.5, 0.6) is 5.75 Å². The summed E-state index contributed by atoms with van der Waals surface area (Å²) in [6, 6.07) is 8.01. The minimum absolute atomic E-state index is 0.711. The molecule has 112 valence electrons. The lowest BCUT2D eigenvalue weighted by molar-refractivity contribution is 0.414. The van der Waals surface area contributed by atoms with E-state index in [1.165, 1.54) is 5.56 Å². The standard InChI is InChI=1S/C16H20BrN3O/c1-4-5-13-15(17)16(18-2)20-14(19-13)10-11-6-8-12(21-3)9-7-11/h6-9H,4-5,10H2,1-3H3,(H,18,19,20). The molecule has 4 nitrogen and oxygen atoms in total. The van der Waals surface area contributed by atoms with Crippen molar-refractivity contribution in [3.05, 3.63) is 45.8 Å².